The van der Waals surface area contributed by atoms with E-state index in [1.165, 1.54) is 12.8 Å². The van der Waals surface area contributed by atoms with E-state index in [9.17, 15) is 0 Å². The van der Waals surface area contributed by atoms with Crippen LogP contribution in [0.4, 0.5) is 5.69 Å². The molecular weight excluding hydrogens is 306 g/mol. The van der Waals surface area contributed by atoms with Gasteiger partial charge in [-0.25, -0.2) is 0 Å². The zero-order valence-electron chi connectivity index (χ0n) is 11.3. The van der Waals surface area contributed by atoms with Crippen LogP contribution in [0.3, 0.4) is 0 Å². The van der Waals surface area contributed by atoms with Crippen molar-refractivity contribution in [3.8, 4) is 0 Å². The second-order valence-corrected chi connectivity index (χ2v) is 6.23. The molecule has 1 aliphatic heterocycles. The molecule has 1 fully saturated rings. The molecule has 0 amide bonds. The van der Waals surface area contributed by atoms with Gasteiger partial charge in [0.25, 0.3) is 0 Å². The summed E-state index contributed by atoms with van der Waals surface area (Å²) in [5.41, 5.74) is 7.60. The van der Waals surface area contributed by atoms with E-state index in [1.807, 2.05) is 18.2 Å². The van der Waals surface area contributed by atoms with Crippen molar-refractivity contribution in [1.82, 2.24) is 0 Å². The fraction of sp³-hybridized carbons (Fsp3) is 0.500. The van der Waals surface area contributed by atoms with Crippen LogP contribution in [0, 0.1) is 5.92 Å². The van der Waals surface area contributed by atoms with Crippen LogP contribution in [0.2, 0.25) is 0 Å². The van der Waals surface area contributed by atoms with E-state index in [0.29, 0.717) is 6.04 Å². The summed E-state index contributed by atoms with van der Waals surface area (Å²) in [5, 5.41) is 12.1. The minimum Gasteiger partial charge on any atom is -0.409 e. The van der Waals surface area contributed by atoms with Crippen molar-refractivity contribution in [3.05, 3.63) is 28.2 Å². The molecule has 1 saturated heterocycles. The number of piperidine rings is 1. The zero-order valence-corrected chi connectivity index (χ0v) is 12.9. The van der Waals surface area contributed by atoms with Gasteiger partial charge in [-0.3, -0.25) is 0 Å². The molecule has 1 aromatic carbocycles. The molecule has 0 bridgehead atoms. The van der Waals surface area contributed by atoms with Gasteiger partial charge in [-0.15, -0.1) is 0 Å². The number of anilines is 1. The summed E-state index contributed by atoms with van der Waals surface area (Å²) in [5.74, 6) is 0.916. The van der Waals surface area contributed by atoms with Gasteiger partial charge in [-0.1, -0.05) is 28.0 Å². The molecule has 0 saturated carbocycles. The third kappa shape index (κ3) is 3.03. The lowest BCUT2D eigenvalue weighted by Crippen LogP contribution is -2.41. The molecule has 0 aromatic heterocycles. The van der Waals surface area contributed by atoms with E-state index in [-0.39, 0.29) is 5.84 Å². The molecule has 4 nitrogen and oxygen atoms in total. The Bertz CT molecular complexity index is 490. The minimum absolute atomic E-state index is 0.160. The number of benzene rings is 1. The third-order valence-corrected chi connectivity index (χ3v) is 4.28. The van der Waals surface area contributed by atoms with Crippen molar-refractivity contribution in [2.75, 3.05) is 11.4 Å². The summed E-state index contributed by atoms with van der Waals surface area (Å²) >= 11 is 3.50. The topological polar surface area (TPSA) is 61.8 Å². The highest BCUT2D eigenvalue weighted by molar-refractivity contribution is 9.10. The zero-order chi connectivity index (χ0) is 14.0. The van der Waals surface area contributed by atoms with Crippen molar-refractivity contribution in [3.63, 3.8) is 0 Å². The molecule has 1 aliphatic rings. The Morgan fingerprint density at radius 3 is 2.84 bits per heavy atom. The van der Waals surface area contributed by atoms with Gasteiger partial charge in [0.1, 0.15) is 0 Å². The summed E-state index contributed by atoms with van der Waals surface area (Å²) in [6, 6.07) is 6.30. The Hall–Kier alpha value is -1.23. The second kappa shape index (κ2) is 5.82. The lowest BCUT2D eigenvalue weighted by atomic mass is 9.92. The number of nitrogens with two attached hydrogens (primary N) is 1. The SMILES string of the molecule is CC1CCN(c2cc(Br)ccc2/C(N)=N/O)C(C)C1. The molecule has 104 valence electrons. The molecule has 19 heavy (non-hydrogen) atoms. The molecule has 2 rings (SSSR count). The van der Waals surface area contributed by atoms with Gasteiger partial charge in [-0.05, 0) is 43.9 Å². The first-order valence-corrected chi connectivity index (χ1v) is 7.36. The van der Waals surface area contributed by atoms with Gasteiger partial charge >= 0.3 is 0 Å². The molecule has 0 aliphatic carbocycles. The summed E-state index contributed by atoms with van der Waals surface area (Å²) < 4.78 is 1.00. The first kappa shape index (κ1) is 14.2. The van der Waals surface area contributed by atoms with E-state index >= 15 is 0 Å². The van der Waals surface area contributed by atoms with Crippen molar-refractivity contribution in [2.24, 2.45) is 16.8 Å². The predicted octanol–water partition coefficient (Wildman–Crippen LogP) is 3.17. The number of nitrogens with zero attached hydrogens (tertiary/aromatic N) is 2. The number of oxime groups is 1. The molecule has 1 heterocycles. The van der Waals surface area contributed by atoms with Crippen LogP contribution in [0.1, 0.15) is 32.3 Å². The average Bonchev–Trinajstić information content (AvgIpc) is 2.38. The van der Waals surface area contributed by atoms with Crippen LogP contribution < -0.4 is 10.6 Å². The fourth-order valence-corrected chi connectivity index (χ4v) is 3.13. The van der Waals surface area contributed by atoms with Crippen molar-refractivity contribution in [1.29, 1.82) is 0 Å². The molecule has 0 spiro atoms. The van der Waals surface area contributed by atoms with Crippen LogP contribution >= 0.6 is 15.9 Å². The van der Waals surface area contributed by atoms with Crippen molar-refractivity contribution < 1.29 is 5.21 Å². The number of rotatable bonds is 2. The molecular formula is C14H20BrN3O. The first-order valence-electron chi connectivity index (χ1n) is 6.57. The Kier molecular flexibility index (Phi) is 4.34. The Morgan fingerprint density at radius 2 is 2.21 bits per heavy atom. The van der Waals surface area contributed by atoms with Gasteiger partial charge in [0.2, 0.25) is 0 Å². The number of amidine groups is 1. The van der Waals surface area contributed by atoms with Crippen molar-refractivity contribution >= 4 is 27.5 Å². The van der Waals surface area contributed by atoms with E-state index < -0.39 is 0 Å². The maximum atomic E-state index is 8.92. The summed E-state index contributed by atoms with van der Waals surface area (Å²) in [6.07, 6.45) is 2.34. The monoisotopic (exact) mass is 325 g/mol. The largest absolute Gasteiger partial charge is 0.409 e. The normalized spacial score (nSPS) is 24.6. The standard InChI is InChI=1S/C14H20BrN3O/c1-9-5-6-18(10(2)7-9)13-8-11(15)3-4-12(13)14(16)17-19/h3-4,8-10,19H,5-7H2,1-2H3,(H2,16,17). The lowest BCUT2D eigenvalue weighted by Gasteiger charge is -2.39. The molecule has 2 unspecified atom stereocenters. The average molecular weight is 326 g/mol. The molecule has 2 atom stereocenters. The summed E-state index contributed by atoms with van der Waals surface area (Å²) in [7, 11) is 0. The summed E-state index contributed by atoms with van der Waals surface area (Å²) in [4.78, 5) is 2.35. The maximum Gasteiger partial charge on any atom is 0.172 e. The van der Waals surface area contributed by atoms with Crippen LogP contribution in [0.5, 0.6) is 0 Å². The smallest absolute Gasteiger partial charge is 0.172 e. The Morgan fingerprint density at radius 1 is 1.47 bits per heavy atom. The second-order valence-electron chi connectivity index (χ2n) is 5.32. The van der Waals surface area contributed by atoms with E-state index in [1.54, 1.807) is 0 Å². The third-order valence-electron chi connectivity index (χ3n) is 3.79. The number of halogens is 1. The quantitative estimate of drug-likeness (QED) is 0.380. The highest BCUT2D eigenvalue weighted by atomic mass is 79.9. The van der Waals surface area contributed by atoms with Crippen LogP contribution in [-0.4, -0.2) is 23.6 Å². The summed E-state index contributed by atoms with van der Waals surface area (Å²) in [6.45, 7) is 5.52. The number of hydrogen-bond acceptors (Lipinski definition) is 3. The molecule has 5 heteroatoms. The van der Waals surface area contributed by atoms with Gasteiger partial charge in [0, 0.05) is 28.3 Å². The van der Waals surface area contributed by atoms with Crippen LogP contribution in [0.25, 0.3) is 0 Å². The number of hydrogen-bond donors (Lipinski definition) is 2. The first-order chi connectivity index (χ1) is 9.02. The Labute approximate surface area is 122 Å². The maximum absolute atomic E-state index is 8.92. The molecule has 0 radical (unpaired) electrons. The lowest BCUT2D eigenvalue weighted by molar-refractivity contribution is 0.318. The van der Waals surface area contributed by atoms with E-state index in [2.05, 4.69) is 39.8 Å². The molecule has 1 aromatic rings. The van der Waals surface area contributed by atoms with Crippen LogP contribution in [0.15, 0.2) is 27.8 Å². The minimum atomic E-state index is 0.160. The highest BCUT2D eigenvalue weighted by Crippen LogP contribution is 2.32. The van der Waals surface area contributed by atoms with Gasteiger partial charge in [-0.2, -0.15) is 0 Å². The van der Waals surface area contributed by atoms with Gasteiger partial charge in [0.05, 0.1) is 0 Å². The molecule has 3 N–H and O–H groups in total. The van der Waals surface area contributed by atoms with Gasteiger partial charge in [0.15, 0.2) is 5.84 Å². The Balaban J connectivity index is 2.40. The van der Waals surface area contributed by atoms with Gasteiger partial charge < -0.3 is 15.8 Å². The fourth-order valence-electron chi connectivity index (χ4n) is 2.78. The highest BCUT2D eigenvalue weighted by Gasteiger charge is 2.25. The van der Waals surface area contributed by atoms with E-state index in [4.69, 9.17) is 10.9 Å². The van der Waals surface area contributed by atoms with Crippen molar-refractivity contribution in [2.45, 2.75) is 32.7 Å². The van der Waals surface area contributed by atoms with Crippen LogP contribution in [-0.2, 0) is 0 Å². The van der Waals surface area contributed by atoms with E-state index in [0.717, 1.165) is 28.2 Å². The predicted molar refractivity (Wildman–Crippen MR) is 81.9 cm³/mol.